The Morgan fingerprint density at radius 1 is 0.886 bits per heavy atom. The minimum atomic E-state index is -0.825. The van der Waals surface area contributed by atoms with Crippen molar-refractivity contribution in [2.45, 2.75) is 58.7 Å². The molecule has 2 atom stereocenters. The van der Waals surface area contributed by atoms with Crippen LogP contribution in [0.15, 0.2) is 83.9 Å². The summed E-state index contributed by atoms with van der Waals surface area (Å²) in [6.45, 7) is 9.78. The van der Waals surface area contributed by atoms with E-state index >= 15 is 0 Å². The van der Waals surface area contributed by atoms with E-state index in [1.165, 1.54) is 0 Å². The van der Waals surface area contributed by atoms with Crippen molar-refractivity contribution in [3.63, 3.8) is 0 Å². The summed E-state index contributed by atoms with van der Waals surface area (Å²) < 4.78 is 0. The van der Waals surface area contributed by atoms with Crippen LogP contribution in [0.5, 0.6) is 0 Å². The molecule has 0 radical (unpaired) electrons. The maximum Gasteiger partial charge on any atom is 0.255 e. The zero-order valence-corrected chi connectivity index (χ0v) is 21.1. The fourth-order valence-electron chi connectivity index (χ4n) is 4.51. The third-order valence-electron chi connectivity index (χ3n) is 6.18. The maximum atomic E-state index is 14.2. The van der Waals surface area contributed by atoms with Crippen molar-refractivity contribution in [1.82, 2.24) is 10.2 Å². The second-order valence-corrected chi connectivity index (χ2v) is 10.2. The van der Waals surface area contributed by atoms with Crippen LogP contribution in [0.1, 0.15) is 60.8 Å². The number of amides is 2. The van der Waals surface area contributed by atoms with E-state index in [1.54, 1.807) is 4.90 Å². The number of aliphatic imine (C=N–C) groups is 1. The number of hydrogen-bond acceptors (Lipinski definition) is 3. The second-order valence-electron chi connectivity index (χ2n) is 10.2. The Labute approximate surface area is 207 Å². The number of para-hydroxylation sites is 1. The summed E-state index contributed by atoms with van der Waals surface area (Å²) in [7, 11) is 0. The third-order valence-corrected chi connectivity index (χ3v) is 6.18. The Morgan fingerprint density at radius 2 is 1.51 bits per heavy atom. The lowest BCUT2D eigenvalue weighted by molar-refractivity contribution is -0.127. The zero-order chi connectivity index (χ0) is 25.2. The molecule has 0 fully saturated rings. The molecule has 0 aliphatic carbocycles. The first-order valence-electron chi connectivity index (χ1n) is 12.0. The molecule has 0 saturated heterocycles. The summed E-state index contributed by atoms with van der Waals surface area (Å²) in [6.07, 6.45) is 0.557. The molecule has 5 nitrogen and oxygen atoms in total. The highest BCUT2D eigenvalue weighted by molar-refractivity contribution is 6.04. The van der Waals surface area contributed by atoms with Crippen molar-refractivity contribution in [2.24, 2.45) is 4.99 Å². The Morgan fingerprint density at radius 3 is 2.17 bits per heavy atom. The fourth-order valence-corrected chi connectivity index (χ4v) is 4.51. The number of benzene rings is 3. The maximum absolute atomic E-state index is 14.2. The molecule has 1 N–H and O–H groups in total. The molecule has 5 heteroatoms. The van der Waals surface area contributed by atoms with Gasteiger partial charge in [-0.3, -0.25) is 14.6 Å². The average molecular weight is 468 g/mol. The van der Waals surface area contributed by atoms with Crippen molar-refractivity contribution in [2.75, 3.05) is 0 Å². The number of nitrogens with one attached hydrogen (secondary N) is 1. The monoisotopic (exact) mass is 467 g/mol. The topological polar surface area (TPSA) is 61.8 Å². The van der Waals surface area contributed by atoms with Crippen molar-refractivity contribution in [3.05, 3.63) is 101 Å². The van der Waals surface area contributed by atoms with Gasteiger partial charge in [0.25, 0.3) is 5.91 Å². The summed E-state index contributed by atoms with van der Waals surface area (Å²) in [5, 5.41) is 3.12. The zero-order valence-electron chi connectivity index (χ0n) is 21.1. The van der Waals surface area contributed by atoms with Crippen LogP contribution < -0.4 is 5.32 Å². The number of rotatable bonds is 4. The van der Waals surface area contributed by atoms with E-state index in [-0.39, 0.29) is 11.8 Å². The third kappa shape index (κ3) is 5.51. The molecule has 180 valence electrons. The molecule has 4 rings (SSSR count). The molecule has 0 aromatic heterocycles. The van der Waals surface area contributed by atoms with E-state index in [4.69, 9.17) is 4.99 Å². The van der Waals surface area contributed by atoms with Crippen LogP contribution in [0.4, 0.5) is 5.69 Å². The van der Waals surface area contributed by atoms with E-state index in [2.05, 4.69) is 5.32 Å². The lowest BCUT2D eigenvalue weighted by Crippen LogP contribution is -2.53. The van der Waals surface area contributed by atoms with Gasteiger partial charge in [-0.25, -0.2) is 0 Å². The van der Waals surface area contributed by atoms with Crippen LogP contribution in [-0.2, 0) is 11.2 Å². The van der Waals surface area contributed by atoms with Gasteiger partial charge in [0, 0.05) is 22.4 Å². The van der Waals surface area contributed by atoms with Gasteiger partial charge in [0.15, 0.2) is 0 Å². The molecule has 3 aromatic carbocycles. The van der Waals surface area contributed by atoms with E-state index in [1.807, 2.05) is 113 Å². The van der Waals surface area contributed by atoms with Crippen LogP contribution >= 0.6 is 0 Å². The normalized spacial score (nSPS) is 17.7. The first-order valence-corrected chi connectivity index (χ1v) is 12.0. The van der Waals surface area contributed by atoms with E-state index in [9.17, 15) is 9.59 Å². The number of hydrogen-bond donors (Lipinski definition) is 1. The Hall–Kier alpha value is -3.73. The Kier molecular flexibility index (Phi) is 6.88. The van der Waals surface area contributed by atoms with Crippen LogP contribution in [0.2, 0.25) is 0 Å². The quantitative estimate of drug-likeness (QED) is 0.526. The molecule has 2 amide bonds. The van der Waals surface area contributed by atoms with Gasteiger partial charge in [0.2, 0.25) is 5.91 Å². The molecular weight excluding hydrogens is 434 g/mol. The van der Waals surface area contributed by atoms with Gasteiger partial charge in [-0.05, 0) is 64.8 Å². The van der Waals surface area contributed by atoms with Crippen molar-refractivity contribution in [1.29, 1.82) is 0 Å². The summed E-state index contributed by atoms with van der Waals surface area (Å²) in [5.41, 5.74) is 4.49. The average Bonchev–Trinajstić information content (AvgIpc) is 2.93. The Balaban J connectivity index is 1.90. The van der Waals surface area contributed by atoms with Gasteiger partial charge in [0.1, 0.15) is 6.04 Å². The standard InChI is InChI=1S/C30H33N3O2/c1-20-15-17-23(18-16-20)29(35)33-26(19-22-11-7-6-8-12-22)21(2)31-25-14-10-9-13-24(25)27(33)28(34)32-30(3,4)5/h6-18,26-27H,19H2,1-5H3,(H,32,34). The predicted octanol–water partition coefficient (Wildman–Crippen LogP) is 5.81. The lowest BCUT2D eigenvalue weighted by Gasteiger charge is -2.38. The number of aryl methyl sites for hydroxylation is 1. The highest BCUT2D eigenvalue weighted by Gasteiger charge is 2.41. The summed E-state index contributed by atoms with van der Waals surface area (Å²) in [5.74, 6) is -0.403. The predicted molar refractivity (Wildman–Crippen MR) is 141 cm³/mol. The molecular formula is C30H33N3O2. The molecule has 1 aliphatic heterocycles. The number of nitrogens with zero attached hydrogens (tertiary/aromatic N) is 2. The molecule has 1 heterocycles. The van der Waals surface area contributed by atoms with Gasteiger partial charge >= 0.3 is 0 Å². The van der Waals surface area contributed by atoms with Gasteiger partial charge < -0.3 is 10.2 Å². The van der Waals surface area contributed by atoms with E-state index in [0.717, 1.165) is 28.1 Å². The summed E-state index contributed by atoms with van der Waals surface area (Å²) >= 11 is 0. The largest absolute Gasteiger partial charge is 0.349 e. The first kappa shape index (κ1) is 24.4. The smallest absolute Gasteiger partial charge is 0.255 e. The molecule has 1 aliphatic rings. The molecule has 0 saturated carbocycles. The highest BCUT2D eigenvalue weighted by atomic mass is 16.2. The van der Waals surface area contributed by atoms with Crippen LogP contribution in [0, 0.1) is 6.92 Å². The van der Waals surface area contributed by atoms with Gasteiger partial charge in [-0.15, -0.1) is 0 Å². The van der Waals surface area contributed by atoms with Crippen molar-refractivity contribution >= 4 is 23.2 Å². The SMILES string of the molecule is CC1=Nc2ccccc2C(C(=O)NC(C)(C)C)N(C(=O)c2ccc(C)cc2)C1Cc1ccccc1. The fraction of sp³-hybridized carbons (Fsp3) is 0.300. The van der Waals surface area contributed by atoms with Crippen molar-refractivity contribution < 1.29 is 9.59 Å². The lowest BCUT2D eigenvalue weighted by atomic mass is 9.95. The number of fused-ring (bicyclic) bond motifs is 1. The molecule has 35 heavy (non-hydrogen) atoms. The number of carbonyl (C=O) groups excluding carboxylic acids is 2. The van der Waals surface area contributed by atoms with Gasteiger partial charge in [0.05, 0.1) is 11.7 Å². The van der Waals surface area contributed by atoms with E-state index in [0.29, 0.717) is 12.0 Å². The summed E-state index contributed by atoms with van der Waals surface area (Å²) in [4.78, 5) is 34.7. The minimum Gasteiger partial charge on any atom is -0.349 e. The van der Waals surface area contributed by atoms with Crippen molar-refractivity contribution in [3.8, 4) is 0 Å². The second kappa shape index (κ2) is 9.87. The first-order chi connectivity index (χ1) is 16.6. The van der Waals surface area contributed by atoms with Crippen LogP contribution in [0.3, 0.4) is 0 Å². The van der Waals surface area contributed by atoms with Gasteiger partial charge in [-0.1, -0.05) is 66.2 Å². The summed E-state index contributed by atoms with van der Waals surface area (Å²) in [6, 6.07) is 24.0. The van der Waals surface area contributed by atoms with Gasteiger partial charge in [-0.2, -0.15) is 0 Å². The highest BCUT2D eigenvalue weighted by Crippen LogP contribution is 2.37. The molecule has 0 bridgehead atoms. The van der Waals surface area contributed by atoms with Crippen LogP contribution in [-0.4, -0.2) is 34.0 Å². The molecule has 2 unspecified atom stereocenters. The Bertz CT molecular complexity index is 1240. The number of carbonyl (C=O) groups is 2. The molecule has 0 spiro atoms. The van der Waals surface area contributed by atoms with Crippen LogP contribution in [0.25, 0.3) is 0 Å². The minimum absolute atomic E-state index is 0.189. The van der Waals surface area contributed by atoms with E-state index < -0.39 is 17.6 Å². The molecule has 3 aromatic rings.